The third-order valence-corrected chi connectivity index (χ3v) is 6.87. The molecule has 0 atom stereocenters. The van der Waals surface area contributed by atoms with Crippen LogP contribution in [0.2, 0.25) is 0 Å². The van der Waals surface area contributed by atoms with E-state index in [0.717, 1.165) is 24.0 Å². The number of benzene rings is 2. The molecule has 0 fully saturated rings. The minimum absolute atomic E-state index is 0.0235. The van der Waals surface area contributed by atoms with Crippen molar-refractivity contribution in [2.75, 3.05) is 0 Å². The molecule has 0 unspecified atom stereocenters. The number of aromatic nitrogens is 1. The summed E-state index contributed by atoms with van der Waals surface area (Å²) in [4.78, 5) is 28.5. The molecule has 2 aromatic carbocycles. The number of aromatic carboxylic acids is 1. The first-order valence-electron chi connectivity index (χ1n) is 11.4. The van der Waals surface area contributed by atoms with Crippen molar-refractivity contribution in [2.45, 2.75) is 51.4 Å². The lowest BCUT2D eigenvalue weighted by Gasteiger charge is -2.43. The average Bonchev–Trinajstić information content (AvgIpc) is 2.80. The van der Waals surface area contributed by atoms with Crippen LogP contribution in [0.25, 0.3) is 17.2 Å². The number of aromatic hydroxyl groups is 1. The lowest BCUT2D eigenvalue weighted by Crippen LogP contribution is -2.34. The van der Waals surface area contributed by atoms with E-state index in [1.165, 1.54) is 29.3 Å². The van der Waals surface area contributed by atoms with Crippen LogP contribution in [0, 0.1) is 0 Å². The molecule has 2 N–H and O–H groups in total. The van der Waals surface area contributed by atoms with Gasteiger partial charge in [0.25, 0.3) is 0 Å². The normalized spacial score (nSPS) is 16.2. The monoisotopic (exact) mass is 455 g/mol. The molecule has 0 saturated heterocycles. The van der Waals surface area contributed by atoms with Gasteiger partial charge in [-0.3, -0.25) is 9.78 Å². The number of hydrogen-bond acceptors (Lipinski definition) is 4. The van der Waals surface area contributed by atoms with Crippen LogP contribution in [0.1, 0.15) is 77.9 Å². The SMILES string of the molecule is CC1(C)CCC(C)(C)c2c(-c3ccncc3)cc(C(=O)/C=C/c3ccc(C(=O)O)c(O)c3)cc21. The number of carboxylic acid groups (broad SMARTS) is 1. The van der Waals surface area contributed by atoms with Gasteiger partial charge >= 0.3 is 5.97 Å². The molecule has 1 aliphatic carbocycles. The molecule has 0 radical (unpaired) electrons. The van der Waals surface area contributed by atoms with E-state index in [9.17, 15) is 14.7 Å². The lowest BCUT2D eigenvalue weighted by molar-refractivity contribution is 0.0693. The van der Waals surface area contributed by atoms with Crippen molar-refractivity contribution in [3.05, 3.63) is 88.8 Å². The van der Waals surface area contributed by atoms with E-state index in [1.54, 1.807) is 24.5 Å². The van der Waals surface area contributed by atoms with Gasteiger partial charge in [-0.05, 0) is 94.0 Å². The second-order valence-corrected chi connectivity index (χ2v) is 10.2. The predicted molar refractivity (Wildman–Crippen MR) is 133 cm³/mol. The van der Waals surface area contributed by atoms with Gasteiger partial charge in [-0.1, -0.05) is 39.8 Å². The Hall–Kier alpha value is -3.73. The number of nitrogens with zero attached hydrogens (tertiary/aromatic N) is 1. The maximum atomic E-state index is 13.3. The summed E-state index contributed by atoms with van der Waals surface area (Å²) in [5.41, 5.74) is 5.44. The van der Waals surface area contributed by atoms with Gasteiger partial charge in [0.05, 0.1) is 0 Å². The Morgan fingerprint density at radius 1 is 0.941 bits per heavy atom. The Kier molecular flexibility index (Phi) is 5.90. The summed E-state index contributed by atoms with van der Waals surface area (Å²) in [7, 11) is 0. The minimum Gasteiger partial charge on any atom is -0.507 e. The van der Waals surface area contributed by atoms with E-state index < -0.39 is 5.97 Å². The second-order valence-electron chi connectivity index (χ2n) is 10.2. The summed E-state index contributed by atoms with van der Waals surface area (Å²) in [6.45, 7) is 8.99. The minimum atomic E-state index is -1.20. The number of ketones is 1. The van der Waals surface area contributed by atoms with Crippen molar-refractivity contribution < 1.29 is 19.8 Å². The summed E-state index contributed by atoms with van der Waals surface area (Å²) >= 11 is 0. The van der Waals surface area contributed by atoms with Crippen LogP contribution in [0.3, 0.4) is 0 Å². The number of fused-ring (bicyclic) bond motifs is 1. The van der Waals surface area contributed by atoms with Gasteiger partial charge in [0, 0.05) is 18.0 Å². The third-order valence-electron chi connectivity index (χ3n) is 6.87. The van der Waals surface area contributed by atoms with Crippen LogP contribution in [0.15, 0.2) is 60.9 Å². The predicted octanol–water partition coefficient (Wildman–Crippen LogP) is 6.40. The number of carbonyl (C=O) groups is 2. The van der Waals surface area contributed by atoms with Gasteiger partial charge in [-0.15, -0.1) is 0 Å². The van der Waals surface area contributed by atoms with Crippen molar-refractivity contribution in [2.24, 2.45) is 0 Å². The highest BCUT2D eigenvalue weighted by atomic mass is 16.4. The molecule has 5 nitrogen and oxygen atoms in total. The molecule has 34 heavy (non-hydrogen) atoms. The van der Waals surface area contributed by atoms with Crippen molar-refractivity contribution in [3.8, 4) is 16.9 Å². The number of allylic oxidation sites excluding steroid dienone is 1. The molecular weight excluding hydrogens is 426 g/mol. The second kappa shape index (κ2) is 8.56. The van der Waals surface area contributed by atoms with E-state index in [2.05, 4.69) is 32.7 Å². The molecule has 0 spiro atoms. The highest BCUT2D eigenvalue weighted by molar-refractivity contribution is 6.08. The number of pyridine rings is 1. The van der Waals surface area contributed by atoms with Crippen LogP contribution >= 0.6 is 0 Å². The Morgan fingerprint density at radius 2 is 1.62 bits per heavy atom. The molecule has 3 aromatic rings. The van der Waals surface area contributed by atoms with Crippen LogP contribution in [-0.2, 0) is 10.8 Å². The number of rotatable bonds is 5. The van der Waals surface area contributed by atoms with Gasteiger partial charge in [-0.25, -0.2) is 4.79 Å². The Morgan fingerprint density at radius 3 is 2.26 bits per heavy atom. The molecule has 1 aromatic heterocycles. The van der Waals surface area contributed by atoms with Crippen molar-refractivity contribution >= 4 is 17.8 Å². The first kappa shape index (κ1) is 23.4. The topological polar surface area (TPSA) is 87.5 Å². The maximum Gasteiger partial charge on any atom is 0.339 e. The largest absolute Gasteiger partial charge is 0.507 e. The van der Waals surface area contributed by atoms with Crippen LogP contribution in [0.5, 0.6) is 5.75 Å². The smallest absolute Gasteiger partial charge is 0.339 e. The molecule has 0 amide bonds. The van der Waals surface area contributed by atoms with Crippen molar-refractivity contribution in [1.29, 1.82) is 0 Å². The first-order valence-corrected chi connectivity index (χ1v) is 11.4. The zero-order valence-electron chi connectivity index (χ0n) is 19.9. The number of carboxylic acids is 1. The van der Waals surface area contributed by atoms with Gasteiger partial charge in [0.2, 0.25) is 0 Å². The first-order chi connectivity index (χ1) is 16.0. The zero-order chi connectivity index (χ0) is 24.7. The fourth-order valence-electron chi connectivity index (χ4n) is 4.79. The molecule has 1 aliphatic rings. The summed E-state index contributed by atoms with van der Waals surface area (Å²) < 4.78 is 0. The Labute approximate surface area is 199 Å². The fourth-order valence-corrected chi connectivity index (χ4v) is 4.79. The summed E-state index contributed by atoms with van der Waals surface area (Å²) in [6, 6.07) is 12.2. The summed E-state index contributed by atoms with van der Waals surface area (Å²) in [5.74, 6) is -1.69. The Balaban J connectivity index is 1.80. The third kappa shape index (κ3) is 4.38. The van der Waals surface area contributed by atoms with Gasteiger partial charge in [0.15, 0.2) is 5.78 Å². The molecule has 4 rings (SSSR count). The van der Waals surface area contributed by atoms with E-state index in [4.69, 9.17) is 5.11 Å². The molecule has 0 bridgehead atoms. The highest BCUT2D eigenvalue weighted by Gasteiger charge is 2.39. The molecule has 174 valence electrons. The maximum absolute atomic E-state index is 13.3. The molecule has 0 aliphatic heterocycles. The lowest BCUT2D eigenvalue weighted by atomic mass is 9.61. The number of phenols is 1. The zero-order valence-corrected chi connectivity index (χ0v) is 19.9. The van der Waals surface area contributed by atoms with Gasteiger partial charge in [-0.2, -0.15) is 0 Å². The van der Waals surface area contributed by atoms with Crippen LogP contribution in [-0.4, -0.2) is 26.9 Å². The van der Waals surface area contributed by atoms with E-state index >= 15 is 0 Å². The molecular formula is C29H29NO4. The Bertz CT molecular complexity index is 1300. The van der Waals surface area contributed by atoms with Crippen molar-refractivity contribution in [3.63, 3.8) is 0 Å². The molecule has 5 heteroatoms. The highest BCUT2D eigenvalue weighted by Crippen LogP contribution is 2.49. The van der Waals surface area contributed by atoms with Crippen LogP contribution < -0.4 is 0 Å². The van der Waals surface area contributed by atoms with Gasteiger partial charge in [0.1, 0.15) is 11.3 Å². The standard InChI is InChI=1S/C29H29NO4/c1-28(2)11-12-29(3,4)26-22(19-9-13-30-14-10-19)16-20(17-23(26)28)24(31)8-6-18-5-7-21(27(33)34)25(32)15-18/h5-10,13-17,32H,11-12H2,1-4H3,(H,33,34)/b8-6+. The summed E-state index contributed by atoms with van der Waals surface area (Å²) in [6.07, 6.45) is 8.69. The molecule has 1 heterocycles. The van der Waals surface area contributed by atoms with E-state index in [0.29, 0.717) is 11.1 Å². The fraction of sp³-hybridized carbons (Fsp3) is 0.276. The van der Waals surface area contributed by atoms with E-state index in [-0.39, 0.29) is 27.9 Å². The van der Waals surface area contributed by atoms with Crippen LogP contribution in [0.4, 0.5) is 0 Å². The average molecular weight is 456 g/mol. The van der Waals surface area contributed by atoms with Crippen molar-refractivity contribution in [1.82, 2.24) is 4.98 Å². The number of carbonyl (C=O) groups excluding carboxylic acids is 1. The number of hydrogen-bond donors (Lipinski definition) is 2. The van der Waals surface area contributed by atoms with E-state index in [1.807, 2.05) is 24.3 Å². The quantitative estimate of drug-likeness (QED) is 0.343. The summed E-state index contributed by atoms with van der Waals surface area (Å²) in [5, 5.41) is 19.0. The molecule has 0 saturated carbocycles. The van der Waals surface area contributed by atoms with Gasteiger partial charge < -0.3 is 10.2 Å².